The van der Waals surface area contributed by atoms with E-state index in [4.69, 9.17) is 11.6 Å². The number of carbonyl (C=O) groups is 1. The summed E-state index contributed by atoms with van der Waals surface area (Å²) in [6.45, 7) is 1.92. The first-order valence-corrected chi connectivity index (χ1v) is 8.36. The van der Waals surface area contributed by atoms with Gasteiger partial charge in [-0.15, -0.1) is 11.3 Å². The van der Waals surface area contributed by atoms with Crippen LogP contribution in [0.4, 0.5) is 0 Å². The van der Waals surface area contributed by atoms with Crippen LogP contribution in [0.5, 0.6) is 0 Å². The second-order valence-electron chi connectivity index (χ2n) is 4.13. The largest absolute Gasteiger partial charge is 0.276 e. The van der Waals surface area contributed by atoms with Crippen molar-refractivity contribution in [1.29, 1.82) is 0 Å². The quantitative estimate of drug-likeness (QED) is 0.813. The number of thiophene rings is 1. The lowest BCUT2D eigenvalue weighted by Gasteiger charge is -2.04. The first-order valence-electron chi connectivity index (χ1n) is 5.45. The van der Waals surface area contributed by atoms with Gasteiger partial charge in [-0.1, -0.05) is 12.1 Å². The van der Waals surface area contributed by atoms with Crippen LogP contribution in [0, 0.1) is 6.92 Å². The van der Waals surface area contributed by atoms with Gasteiger partial charge in [0.2, 0.25) is 0 Å². The first-order chi connectivity index (χ1) is 8.88. The number of benzene rings is 1. The Bertz CT molecular complexity index is 717. The van der Waals surface area contributed by atoms with Gasteiger partial charge in [-0.3, -0.25) is 4.79 Å². The number of halogens is 1. The highest BCUT2D eigenvalue weighted by atomic mass is 35.5. The molecule has 1 heterocycles. The normalized spacial score (nSPS) is 11.5. The summed E-state index contributed by atoms with van der Waals surface area (Å²) >= 11 is 6.87. The molecule has 0 aliphatic heterocycles. The summed E-state index contributed by atoms with van der Waals surface area (Å²) in [7, 11) is -3.46. The van der Waals surface area contributed by atoms with Crippen molar-refractivity contribution in [2.45, 2.75) is 17.6 Å². The zero-order chi connectivity index (χ0) is 14.0. The zero-order valence-electron chi connectivity index (χ0n) is 10.1. The highest BCUT2D eigenvalue weighted by molar-refractivity contribution is 7.90. The Balaban J connectivity index is 2.34. The molecule has 2 aromatic rings. The van der Waals surface area contributed by atoms with Gasteiger partial charge in [0.05, 0.1) is 10.6 Å². The van der Waals surface area contributed by atoms with Gasteiger partial charge in [0.25, 0.3) is 5.24 Å². The minimum Gasteiger partial charge on any atom is -0.276 e. The number of hydrogen-bond donors (Lipinski definition) is 0. The Labute approximate surface area is 120 Å². The summed E-state index contributed by atoms with van der Waals surface area (Å²) in [4.78, 5) is 12.2. The van der Waals surface area contributed by atoms with E-state index >= 15 is 0 Å². The van der Waals surface area contributed by atoms with Crippen LogP contribution in [0.15, 0.2) is 40.6 Å². The van der Waals surface area contributed by atoms with E-state index in [1.807, 2.05) is 18.4 Å². The van der Waals surface area contributed by atoms with Gasteiger partial charge < -0.3 is 0 Å². The molecule has 0 bridgehead atoms. The molecule has 6 heteroatoms. The van der Waals surface area contributed by atoms with Crippen LogP contribution in [0.1, 0.15) is 20.8 Å². The zero-order valence-corrected chi connectivity index (χ0v) is 12.5. The van der Waals surface area contributed by atoms with Gasteiger partial charge in [-0.2, -0.15) is 0 Å². The fourth-order valence-corrected chi connectivity index (χ4v) is 3.98. The molecule has 0 spiro atoms. The third kappa shape index (κ3) is 3.43. The lowest BCUT2D eigenvalue weighted by Crippen LogP contribution is -2.05. The maximum Gasteiger partial charge on any atom is 0.252 e. The highest BCUT2D eigenvalue weighted by Crippen LogP contribution is 2.21. The summed E-state index contributed by atoms with van der Waals surface area (Å²) in [6.07, 6.45) is 0. The maximum atomic E-state index is 12.2. The van der Waals surface area contributed by atoms with Gasteiger partial charge in [-0.25, -0.2) is 8.42 Å². The standard InChI is InChI=1S/C13H11ClO3S2/c1-9-5-10(7-18-9)8-19(16,17)12-4-2-3-11(6-12)13(14)15/h2-7H,8H2,1H3. The summed E-state index contributed by atoms with van der Waals surface area (Å²) in [6, 6.07) is 7.63. The Morgan fingerprint density at radius 3 is 2.63 bits per heavy atom. The molecule has 0 radical (unpaired) electrons. The highest BCUT2D eigenvalue weighted by Gasteiger charge is 2.17. The van der Waals surface area contributed by atoms with Gasteiger partial charge in [0.15, 0.2) is 9.84 Å². The fraction of sp³-hybridized carbons (Fsp3) is 0.154. The van der Waals surface area contributed by atoms with E-state index in [0.717, 1.165) is 10.4 Å². The molecule has 0 N–H and O–H groups in total. The molecule has 1 aromatic heterocycles. The molecule has 0 aliphatic carbocycles. The van der Waals surface area contributed by atoms with E-state index in [-0.39, 0.29) is 16.2 Å². The monoisotopic (exact) mass is 314 g/mol. The van der Waals surface area contributed by atoms with Crippen molar-refractivity contribution < 1.29 is 13.2 Å². The van der Waals surface area contributed by atoms with Crippen molar-refractivity contribution in [3.05, 3.63) is 51.7 Å². The van der Waals surface area contributed by atoms with Crippen LogP contribution in [-0.4, -0.2) is 13.7 Å². The summed E-state index contributed by atoms with van der Waals surface area (Å²) in [5, 5.41) is 1.16. The fourth-order valence-electron chi connectivity index (χ4n) is 1.69. The van der Waals surface area contributed by atoms with E-state index < -0.39 is 15.1 Å². The number of aryl methyl sites for hydroxylation is 1. The molecule has 19 heavy (non-hydrogen) atoms. The molecule has 0 amide bonds. The van der Waals surface area contributed by atoms with Crippen molar-refractivity contribution in [2.24, 2.45) is 0 Å². The average molecular weight is 315 g/mol. The molecule has 3 nitrogen and oxygen atoms in total. The van der Waals surface area contributed by atoms with Gasteiger partial charge >= 0.3 is 0 Å². The van der Waals surface area contributed by atoms with Gasteiger partial charge in [-0.05, 0) is 47.7 Å². The Kier molecular flexibility index (Phi) is 4.08. The van der Waals surface area contributed by atoms with Crippen LogP contribution in [0.3, 0.4) is 0 Å². The Morgan fingerprint density at radius 2 is 2.05 bits per heavy atom. The number of hydrogen-bond acceptors (Lipinski definition) is 4. The van der Waals surface area contributed by atoms with E-state index in [2.05, 4.69) is 0 Å². The van der Waals surface area contributed by atoms with Crippen LogP contribution in [0.2, 0.25) is 0 Å². The maximum absolute atomic E-state index is 12.2. The molecule has 0 atom stereocenters. The minimum absolute atomic E-state index is 0.0722. The number of carbonyl (C=O) groups excluding carboxylic acids is 1. The first kappa shape index (κ1) is 14.2. The van der Waals surface area contributed by atoms with Crippen LogP contribution < -0.4 is 0 Å². The van der Waals surface area contributed by atoms with Crippen molar-refractivity contribution in [3.8, 4) is 0 Å². The smallest absolute Gasteiger partial charge is 0.252 e. The van der Waals surface area contributed by atoms with Gasteiger partial charge in [0.1, 0.15) is 0 Å². The molecular weight excluding hydrogens is 304 g/mol. The Hall–Kier alpha value is -1.17. The molecule has 0 fully saturated rings. The molecule has 1 aromatic carbocycles. The third-order valence-electron chi connectivity index (χ3n) is 2.56. The predicted octanol–water partition coefficient (Wildman–Crippen LogP) is 3.41. The van der Waals surface area contributed by atoms with Crippen LogP contribution >= 0.6 is 22.9 Å². The average Bonchev–Trinajstić information content (AvgIpc) is 2.74. The van der Waals surface area contributed by atoms with Crippen molar-refractivity contribution in [1.82, 2.24) is 0 Å². The summed E-state index contributed by atoms with van der Waals surface area (Å²) in [5.74, 6) is -0.0722. The summed E-state index contributed by atoms with van der Waals surface area (Å²) < 4.78 is 24.5. The topological polar surface area (TPSA) is 51.2 Å². The third-order valence-corrected chi connectivity index (χ3v) is 5.38. The van der Waals surface area contributed by atoms with Crippen LogP contribution in [0.25, 0.3) is 0 Å². The minimum atomic E-state index is -3.46. The summed E-state index contributed by atoms with van der Waals surface area (Å²) in [5.41, 5.74) is 0.939. The van der Waals surface area contributed by atoms with E-state index in [9.17, 15) is 13.2 Å². The Morgan fingerprint density at radius 1 is 1.32 bits per heavy atom. The van der Waals surface area contributed by atoms with Gasteiger partial charge in [0, 0.05) is 10.4 Å². The lowest BCUT2D eigenvalue weighted by molar-refractivity contribution is 0.108. The lowest BCUT2D eigenvalue weighted by atomic mass is 10.2. The number of rotatable bonds is 4. The van der Waals surface area contributed by atoms with Crippen molar-refractivity contribution >= 4 is 38.0 Å². The molecule has 0 saturated carbocycles. The van der Waals surface area contributed by atoms with E-state index in [0.29, 0.717) is 0 Å². The SMILES string of the molecule is Cc1cc(CS(=O)(=O)c2cccc(C(=O)Cl)c2)cs1. The van der Waals surface area contributed by atoms with E-state index in [1.165, 1.54) is 35.6 Å². The second kappa shape index (κ2) is 5.45. The molecule has 0 saturated heterocycles. The molecule has 0 aliphatic rings. The van der Waals surface area contributed by atoms with Crippen molar-refractivity contribution in [2.75, 3.05) is 0 Å². The molecule has 2 rings (SSSR count). The number of sulfone groups is 1. The second-order valence-corrected chi connectivity index (χ2v) is 7.57. The van der Waals surface area contributed by atoms with Crippen molar-refractivity contribution in [3.63, 3.8) is 0 Å². The van der Waals surface area contributed by atoms with Crippen LogP contribution in [-0.2, 0) is 15.6 Å². The predicted molar refractivity (Wildman–Crippen MR) is 76.6 cm³/mol. The molecule has 100 valence electrons. The van der Waals surface area contributed by atoms with E-state index in [1.54, 1.807) is 0 Å². The molecule has 0 unspecified atom stereocenters. The molecular formula is C13H11ClO3S2.